The van der Waals surface area contributed by atoms with Gasteiger partial charge in [-0.1, -0.05) is 0 Å². The Kier molecular flexibility index (Phi) is 4.50. The lowest BCUT2D eigenvalue weighted by atomic mass is 10.3. The summed E-state index contributed by atoms with van der Waals surface area (Å²) in [6, 6.07) is 1.55. The van der Waals surface area contributed by atoms with E-state index in [1.807, 2.05) is 0 Å². The summed E-state index contributed by atoms with van der Waals surface area (Å²) in [5.74, 6) is -1.29. The molecule has 0 bridgehead atoms. The van der Waals surface area contributed by atoms with E-state index in [-0.39, 0.29) is 12.1 Å². The molecule has 0 saturated heterocycles. The zero-order valence-corrected chi connectivity index (χ0v) is 9.05. The van der Waals surface area contributed by atoms with Crippen molar-refractivity contribution in [2.75, 3.05) is 6.61 Å². The number of esters is 1. The molecule has 0 radical (unpaired) electrons. The lowest BCUT2D eigenvalue weighted by molar-refractivity contribution is -0.137. The summed E-state index contributed by atoms with van der Waals surface area (Å²) in [6.07, 6.45) is 2.21. The molecule has 1 aromatic heterocycles. The van der Waals surface area contributed by atoms with Gasteiger partial charge in [-0.15, -0.1) is 0 Å². The van der Waals surface area contributed by atoms with Crippen molar-refractivity contribution < 1.29 is 19.4 Å². The highest BCUT2D eigenvalue weighted by molar-refractivity contribution is 5.86. The Morgan fingerprint density at radius 2 is 2.31 bits per heavy atom. The molecular weight excluding hydrogens is 212 g/mol. The van der Waals surface area contributed by atoms with Gasteiger partial charge in [0.15, 0.2) is 5.69 Å². The van der Waals surface area contributed by atoms with E-state index in [4.69, 9.17) is 9.84 Å². The SMILES string of the molecule is CCOC(=O)c1ccn(CCCC(=O)O)n1. The third-order valence-corrected chi connectivity index (χ3v) is 1.90. The van der Waals surface area contributed by atoms with Gasteiger partial charge in [-0.25, -0.2) is 4.79 Å². The second-order valence-electron chi connectivity index (χ2n) is 3.18. The predicted molar refractivity (Wildman–Crippen MR) is 55.1 cm³/mol. The van der Waals surface area contributed by atoms with Crippen LogP contribution < -0.4 is 0 Å². The van der Waals surface area contributed by atoms with E-state index in [9.17, 15) is 9.59 Å². The summed E-state index contributed by atoms with van der Waals surface area (Å²) < 4.78 is 6.31. The highest BCUT2D eigenvalue weighted by Gasteiger charge is 2.09. The average Bonchev–Trinajstić information content (AvgIpc) is 2.66. The number of aryl methyl sites for hydroxylation is 1. The summed E-state index contributed by atoms with van der Waals surface area (Å²) >= 11 is 0. The molecule has 0 atom stereocenters. The number of carboxylic acids is 1. The minimum absolute atomic E-state index is 0.0919. The molecule has 1 heterocycles. The van der Waals surface area contributed by atoms with Gasteiger partial charge in [0, 0.05) is 19.2 Å². The highest BCUT2D eigenvalue weighted by Crippen LogP contribution is 2.01. The number of aromatic nitrogens is 2. The lowest BCUT2D eigenvalue weighted by Crippen LogP contribution is -2.08. The van der Waals surface area contributed by atoms with Crippen LogP contribution in [-0.4, -0.2) is 33.4 Å². The largest absolute Gasteiger partial charge is 0.481 e. The van der Waals surface area contributed by atoms with Gasteiger partial charge in [0.2, 0.25) is 0 Å². The standard InChI is InChI=1S/C10H14N2O4/c1-2-16-10(15)8-5-7-12(11-8)6-3-4-9(13)14/h5,7H,2-4,6H2,1H3,(H,13,14). The molecule has 0 aliphatic carbocycles. The summed E-state index contributed by atoms with van der Waals surface area (Å²) in [6.45, 7) is 2.51. The van der Waals surface area contributed by atoms with Crippen LogP contribution in [0.3, 0.4) is 0 Å². The number of hydrogen-bond donors (Lipinski definition) is 1. The highest BCUT2D eigenvalue weighted by atomic mass is 16.5. The first-order valence-corrected chi connectivity index (χ1v) is 5.06. The van der Waals surface area contributed by atoms with Gasteiger partial charge in [-0.05, 0) is 19.4 Å². The zero-order valence-electron chi connectivity index (χ0n) is 9.05. The average molecular weight is 226 g/mol. The summed E-state index contributed by atoms with van der Waals surface area (Å²) in [7, 11) is 0. The molecule has 0 aliphatic heterocycles. The van der Waals surface area contributed by atoms with Crippen LogP contribution in [0.5, 0.6) is 0 Å². The second-order valence-corrected chi connectivity index (χ2v) is 3.18. The molecule has 1 N–H and O–H groups in total. The van der Waals surface area contributed by atoms with Crippen molar-refractivity contribution in [1.82, 2.24) is 9.78 Å². The number of carbonyl (C=O) groups is 2. The van der Waals surface area contributed by atoms with Crippen LogP contribution in [-0.2, 0) is 16.1 Å². The molecule has 6 nitrogen and oxygen atoms in total. The van der Waals surface area contributed by atoms with Crippen molar-refractivity contribution in [2.24, 2.45) is 0 Å². The molecule has 0 aliphatic rings. The molecular formula is C10H14N2O4. The fourth-order valence-corrected chi connectivity index (χ4v) is 1.19. The topological polar surface area (TPSA) is 81.4 Å². The first kappa shape index (κ1) is 12.2. The normalized spacial score (nSPS) is 10.1. The Balaban J connectivity index is 2.45. The molecule has 0 saturated carbocycles. The lowest BCUT2D eigenvalue weighted by Gasteiger charge is -1.99. The van der Waals surface area contributed by atoms with Crippen molar-refractivity contribution in [1.29, 1.82) is 0 Å². The third-order valence-electron chi connectivity index (χ3n) is 1.90. The maximum absolute atomic E-state index is 11.2. The van der Waals surface area contributed by atoms with Gasteiger partial charge >= 0.3 is 11.9 Å². The summed E-state index contributed by atoms with van der Waals surface area (Å²) in [4.78, 5) is 21.5. The van der Waals surface area contributed by atoms with Crippen LogP contribution in [0.1, 0.15) is 30.3 Å². The number of hydrogen-bond acceptors (Lipinski definition) is 4. The van der Waals surface area contributed by atoms with Crippen molar-refractivity contribution >= 4 is 11.9 Å². The first-order valence-electron chi connectivity index (χ1n) is 5.06. The molecule has 16 heavy (non-hydrogen) atoms. The van der Waals surface area contributed by atoms with E-state index in [0.717, 1.165) is 0 Å². The van der Waals surface area contributed by atoms with E-state index in [1.165, 1.54) is 4.68 Å². The van der Waals surface area contributed by atoms with Gasteiger partial charge in [0.1, 0.15) is 0 Å². The molecule has 0 aromatic carbocycles. The van der Waals surface area contributed by atoms with Crippen LogP contribution in [0, 0.1) is 0 Å². The van der Waals surface area contributed by atoms with Crippen LogP contribution in [0.25, 0.3) is 0 Å². The van der Waals surface area contributed by atoms with Crippen molar-refractivity contribution in [3.05, 3.63) is 18.0 Å². The van der Waals surface area contributed by atoms with Crippen LogP contribution >= 0.6 is 0 Å². The van der Waals surface area contributed by atoms with Crippen LogP contribution in [0.15, 0.2) is 12.3 Å². The van der Waals surface area contributed by atoms with E-state index in [2.05, 4.69) is 5.10 Å². The maximum Gasteiger partial charge on any atom is 0.358 e. The Bertz CT molecular complexity index is 373. The second kappa shape index (κ2) is 5.89. The Hall–Kier alpha value is -1.85. The minimum Gasteiger partial charge on any atom is -0.481 e. The molecule has 88 valence electrons. The molecule has 6 heteroatoms. The van der Waals surface area contributed by atoms with Crippen molar-refractivity contribution in [3.63, 3.8) is 0 Å². The van der Waals surface area contributed by atoms with E-state index in [0.29, 0.717) is 19.6 Å². The minimum atomic E-state index is -0.835. The summed E-state index contributed by atoms with van der Waals surface area (Å²) in [5.41, 5.74) is 0.247. The van der Waals surface area contributed by atoms with Crippen molar-refractivity contribution in [2.45, 2.75) is 26.3 Å². The van der Waals surface area contributed by atoms with Gasteiger partial charge in [-0.2, -0.15) is 5.10 Å². The molecule has 1 aromatic rings. The first-order chi connectivity index (χ1) is 7.63. The maximum atomic E-state index is 11.2. The quantitative estimate of drug-likeness (QED) is 0.729. The number of ether oxygens (including phenoxy) is 1. The Labute approximate surface area is 92.8 Å². The Morgan fingerprint density at radius 3 is 2.94 bits per heavy atom. The van der Waals surface area contributed by atoms with Gasteiger partial charge in [-0.3, -0.25) is 9.48 Å². The van der Waals surface area contributed by atoms with E-state index < -0.39 is 11.9 Å². The third kappa shape index (κ3) is 3.72. The number of carboxylic acid groups (broad SMARTS) is 1. The molecule has 0 spiro atoms. The van der Waals surface area contributed by atoms with Crippen molar-refractivity contribution in [3.8, 4) is 0 Å². The van der Waals surface area contributed by atoms with Crippen LogP contribution in [0.4, 0.5) is 0 Å². The fourth-order valence-electron chi connectivity index (χ4n) is 1.19. The smallest absolute Gasteiger partial charge is 0.358 e. The number of nitrogens with zero attached hydrogens (tertiary/aromatic N) is 2. The number of aliphatic carboxylic acids is 1. The van der Waals surface area contributed by atoms with Gasteiger partial charge < -0.3 is 9.84 Å². The predicted octanol–water partition coefficient (Wildman–Crippen LogP) is 0.925. The summed E-state index contributed by atoms with van der Waals surface area (Å²) in [5, 5.41) is 12.4. The molecule has 0 unspecified atom stereocenters. The van der Waals surface area contributed by atoms with Gasteiger partial charge in [0.05, 0.1) is 6.61 Å². The number of carbonyl (C=O) groups excluding carboxylic acids is 1. The molecule has 0 fully saturated rings. The van der Waals surface area contributed by atoms with E-state index >= 15 is 0 Å². The zero-order chi connectivity index (χ0) is 12.0. The monoisotopic (exact) mass is 226 g/mol. The van der Waals surface area contributed by atoms with E-state index in [1.54, 1.807) is 19.2 Å². The Morgan fingerprint density at radius 1 is 1.56 bits per heavy atom. The molecule has 0 amide bonds. The van der Waals surface area contributed by atoms with Gasteiger partial charge in [0.25, 0.3) is 0 Å². The fraction of sp³-hybridized carbons (Fsp3) is 0.500. The number of rotatable bonds is 6. The molecule has 1 rings (SSSR count). The van der Waals surface area contributed by atoms with Crippen LogP contribution in [0.2, 0.25) is 0 Å².